The van der Waals surface area contributed by atoms with Gasteiger partial charge in [-0.2, -0.15) is 0 Å². The Balaban J connectivity index is 0.00000338. The van der Waals surface area contributed by atoms with E-state index in [9.17, 15) is 5.11 Å². The zero-order valence-corrected chi connectivity index (χ0v) is 18.8. The average molecular weight is 480 g/mol. The Labute approximate surface area is 173 Å². The van der Waals surface area contributed by atoms with E-state index in [-0.39, 0.29) is 36.6 Å². The van der Waals surface area contributed by atoms with Crippen molar-refractivity contribution >= 4 is 29.9 Å². The second-order valence-corrected chi connectivity index (χ2v) is 6.93. The molecule has 0 amide bonds. The first-order chi connectivity index (χ1) is 11.8. The number of likely N-dealkylation sites (N-methyl/N-ethyl adjacent to an activating group) is 1. The number of aliphatic imine (C=N–C) groups is 1. The molecule has 3 N–H and O–H groups in total. The molecule has 2 rings (SSSR count). The van der Waals surface area contributed by atoms with Crippen LogP contribution in [0.3, 0.4) is 0 Å². The van der Waals surface area contributed by atoms with Crippen molar-refractivity contribution in [1.29, 1.82) is 0 Å². The van der Waals surface area contributed by atoms with Crippen LogP contribution in [-0.4, -0.2) is 68.4 Å². The molecule has 7 nitrogen and oxygen atoms in total. The second kappa shape index (κ2) is 10.5. The summed E-state index contributed by atoms with van der Waals surface area (Å²) in [7, 11) is 2.10. The third-order valence-corrected chi connectivity index (χ3v) is 4.35. The highest BCUT2D eigenvalue weighted by Crippen LogP contribution is 2.27. The standard InChI is InChI=1S/C18H32N4O3.HI/c1-6-19-17(20-10-15-11-22(5)7-8-24-15)21-12-18(4,23)16-9-13(2)25-14(16)3;/h9,15,23H,6-8,10-12H2,1-5H3,(H2,19,20,21);1H. The first-order valence-corrected chi connectivity index (χ1v) is 8.94. The lowest BCUT2D eigenvalue weighted by Crippen LogP contribution is -2.48. The molecular weight excluding hydrogens is 447 g/mol. The number of nitrogens with one attached hydrogen (secondary N) is 2. The van der Waals surface area contributed by atoms with E-state index in [4.69, 9.17) is 9.15 Å². The van der Waals surface area contributed by atoms with Crippen molar-refractivity contribution < 1.29 is 14.3 Å². The number of morpholine rings is 1. The van der Waals surface area contributed by atoms with E-state index in [2.05, 4.69) is 27.6 Å². The van der Waals surface area contributed by atoms with Crippen molar-refractivity contribution in [2.24, 2.45) is 4.99 Å². The fourth-order valence-corrected chi connectivity index (χ4v) is 3.03. The highest BCUT2D eigenvalue weighted by Gasteiger charge is 2.27. The first kappa shape index (κ1) is 23.2. The average Bonchev–Trinajstić information content (AvgIpc) is 2.89. The number of hydrogen-bond donors (Lipinski definition) is 3. The maximum atomic E-state index is 10.8. The van der Waals surface area contributed by atoms with Gasteiger partial charge in [0.1, 0.15) is 17.1 Å². The van der Waals surface area contributed by atoms with E-state index in [1.165, 1.54) is 0 Å². The lowest BCUT2D eigenvalue weighted by atomic mass is 9.96. The summed E-state index contributed by atoms with van der Waals surface area (Å²) < 4.78 is 11.3. The Morgan fingerprint density at radius 1 is 1.42 bits per heavy atom. The van der Waals surface area contributed by atoms with Gasteiger partial charge in [-0.05, 0) is 40.8 Å². The van der Waals surface area contributed by atoms with Crippen LogP contribution >= 0.6 is 24.0 Å². The lowest BCUT2D eigenvalue weighted by molar-refractivity contribution is -0.0161. The highest BCUT2D eigenvalue weighted by molar-refractivity contribution is 14.0. The van der Waals surface area contributed by atoms with Gasteiger partial charge in [0.15, 0.2) is 5.96 Å². The maximum Gasteiger partial charge on any atom is 0.191 e. The largest absolute Gasteiger partial charge is 0.466 e. The summed E-state index contributed by atoms with van der Waals surface area (Å²) in [5.74, 6) is 2.20. The summed E-state index contributed by atoms with van der Waals surface area (Å²) >= 11 is 0. The Morgan fingerprint density at radius 2 is 2.15 bits per heavy atom. The van der Waals surface area contributed by atoms with E-state index in [0.717, 1.165) is 43.3 Å². The number of hydrogen-bond acceptors (Lipinski definition) is 5. The molecule has 8 heteroatoms. The van der Waals surface area contributed by atoms with Crippen LogP contribution in [0.4, 0.5) is 0 Å². The smallest absolute Gasteiger partial charge is 0.191 e. The van der Waals surface area contributed by atoms with Gasteiger partial charge in [0.25, 0.3) is 0 Å². The molecule has 1 saturated heterocycles. The van der Waals surface area contributed by atoms with Crippen LogP contribution in [0, 0.1) is 13.8 Å². The normalized spacial score (nSPS) is 21.0. The highest BCUT2D eigenvalue weighted by atomic mass is 127. The van der Waals surface area contributed by atoms with Gasteiger partial charge in [0.05, 0.1) is 19.3 Å². The lowest BCUT2D eigenvalue weighted by Gasteiger charge is -2.30. The number of aryl methyl sites for hydroxylation is 2. The van der Waals surface area contributed by atoms with Gasteiger partial charge in [-0.25, -0.2) is 4.99 Å². The number of halogens is 1. The topological polar surface area (TPSA) is 82.3 Å². The molecule has 2 unspecified atom stereocenters. The fraction of sp³-hybridized carbons (Fsp3) is 0.722. The maximum absolute atomic E-state index is 10.8. The molecule has 0 bridgehead atoms. The van der Waals surface area contributed by atoms with E-state index < -0.39 is 5.60 Å². The van der Waals surface area contributed by atoms with Crippen molar-refractivity contribution in [3.05, 3.63) is 23.2 Å². The molecule has 0 aliphatic carbocycles. The second-order valence-electron chi connectivity index (χ2n) is 6.93. The monoisotopic (exact) mass is 480 g/mol. The summed E-state index contributed by atoms with van der Waals surface area (Å²) in [6.07, 6.45) is 0.141. The van der Waals surface area contributed by atoms with Crippen molar-refractivity contribution in [2.75, 3.05) is 46.4 Å². The van der Waals surface area contributed by atoms with Crippen LogP contribution in [-0.2, 0) is 10.3 Å². The Hall–Kier alpha value is -0.840. The molecule has 0 spiro atoms. The predicted molar refractivity (Wildman–Crippen MR) is 114 cm³/mol. The van der Waals surface area contributed by atoms with Crippen LogP contribution in [0.25, 0.3) is 0 Å². The minimum Gasteiger partial charge on any atom is -0.466 e. The van der Waals surface area contributed by atoms with Gasteiger partial charge < -0.3 is 29.8 Å². The molecular formula is C18H33IN4O3. The number of guanidine groups is 1. The predicted octanol–water partition coefficient (Wildman–Crippen LogP) is 1.61. The van der Waals surface area contributed by atoms with Crippen molar-refractivity contribution in [2.45, 2.75) is 39.4 Å². The molecule has 2 atom stereocenters. The van der Waals surface area contributed by atoms with Crippen LogP contribution in [0.1, 0.15) is 30.9 Å². The minimum atomic E-state index is -1.08. The Bertz CT molecular complexity index is 589. The van der Waals surface area contributed by atoms with E-state index in [0.29, 0.717) is 12.5 Å². The van der Waals surface area contributed by atoms with Crippen LogP contribution in [0.15, 0.2) is 15.5 Å². The third-order valence-electron chi connectivity index (χ3n) is 4.35. The van der Waals surface area contributed by atoms with Crippen molar-refractivity contribution in [1.82, 2.24) is 15.5 Å². The van der Waals surface area contributed by atoms with Gasteiger partial charge >= 0.3 is 0 Å². The van der Waals surface area contributed by atoms with Crippen molar-refractivity contribution in [3.8, 4) is 0 Å². The van der Waals surface area contributed by atoms with Crippen LogP contribution < -0.4 is 10.6 Å². The summed E-state index contributed by atoms with van der Waals surface area (Å²) in [6, 6.07) is 1.87. The van der Waals surface area contributed by atoms with Gasteiger partial charge in [-0.3, -0.25) is 0 Å². The van der Waals surface area contributed by atoms with Gasteiger partial charge in [0.2, 0.25) is 0 Å². The van der Waals surface area contributed by atoms with Gasteiger partial charge in [0, 0.05) is 31.7 Å². The first-order valence-electron chi connectivity index (χ1n) is 8.94. The molecule has 1 aromatic heterocycles. The molecule has 26 heavy (non-hydrogen) atoms. The summed E-state index contributed by atoms with van der Waals surface area (Å²) in [6.45, 7) is 11.8. The Kier molecular flexibility index (Phi) is 9.35. The van der Waals surface area contributed by atoms with Crippen molar-refractivity contribution in [3.63, 3.8) is 0 Å². The Morgan fingerprint density at radius 3 is 2.73 bits per heavy atom. The van der Waals surface area contributed by atoms with Crippen LogP contribution in [0.2, 0.25) is 0 Å². The SMILES string of the molecule is CCNC(=NCC(C)(O)c1cc(C)oc1C)NCC1CN(C)CCO1.I. The zero-order chi connectivity index (χ0) is 18.4. The molecule has 2 heterocycles. The molecule has 0 saturated carbocycles. The number of nitrogens with zero attached hydrogens (tertiary/aromatic N) is 2. The van der Waals surface area contributed by atoms with E-state index in [1.807, 2.05) is 26.8 Å². The quantitative estimate of drug-likeness (QED) is 0.326. The molecule has 1 aromatic rings. The van der Waals surface area contributed by atoms with Gasteiger partial charge in [-0.1, -0.05) is 0 Å². The third kappa shape index (κ3) is 6.71. The van der Waals surface area contributed by atoms with E-state index >= 15 is 0 Å². The van der Waals surface area contributed by atoms with Gasteiger partial charge in [-0.15, -0.1) is 24.0 Å². The minimum absolute atomic E-state index is 0. The molecule has 1 aliphatic rings. The van der Waals surface area contributed by atoms with Crippen LogP contribution in [0.5, 0.6) is 0 Å². The number of ether oxygens (including phenoxy) is 1. The molecule has 1 aliphatic heterocycles. The fourth-order valence-electron chi connectivity index (χ4n) is 3.03. The summed E-state index contributed by atoms with van der Waals surface area (Å²) in [4.78, 5) is 6.81. The molecule has 0 radical (unpaired) electrons. The van der Waals surface area contributed by atoms with E-state index in [1.54, 1.807) is 6.92 Å². The zero-order valence-electron chi connectivity index (χ0n) is 16.5. The molecule has 1 fully saturated rings. The summed E-state index contributed by atoms with van der Waals surface area (Å²) in [5, 5.41) is 17.3. The summed E-state index contributed by atoms with van der Waals surface area (Å²) in [5.41, 5.74) is -0.298. The number of aliphatic hydroxyl groups is 1. The molecule has 150 valence electrons. The molecule has 0 aromatic carbocycles. The number of furan rings is 1. The number of rotatable bonds is 6.